The van der Waals surface area contributed by atoms with Gasteiger partial charge in [0.25, 0.3) is 0 Å². The maximum atomic E-state index is 11.2. The summed E-state index contributed by atoms with van der Waals surface area (Å²) in [6.07, 6.45) is -1.29. The van der Waals surface area contributed by atoms with Crippen molar-refractivity contribution in [1.29, 1.82) is 0 Å². The van der Waals surface area contributed by atoms with E-state index in [1.165, 1.54) is 7.11 Å². The molecule has 6 heteroatoms. The molecular weight excluding hydrogens is 214 g/mol. The van der Waals surface area contributed by atoms with Gasteiger partial charge in [-0.1, -0.05) is 0 Å². The van der Waals surface area contributed by atoms with Gasteiger partial charge in [-0.25, -0.2) is 4.79 Å². The minimum absolute atomic E-state index is 0.109. The van der Waals surface area contributed by atoms with Crippen LogP contribution < -0.4 is 5.32 Å². The molecule has 0 aliphatic carbocycles. The van der Waals surface area contributed by atoms with Gasteiger partial charge in [-0.15, -0.1) is 0 Å². The molecule has 1 unspecified atom stereocenters. The van der Waals surface area contributed by atoms with Crippen LogP contribution in [-0.2, 0) is 14.3 Å². The first-order valence-corrected chi connectivity index (χ1v) is 4.96. The van der Waals surface area contributed by atoms with Gasteiger partial charge in [0.1, 0.15) is 5.60 Å². The summed E-state index contributed by atoms with van der Waals surface area (Å²) in [5.74, 6) is -0.974. The van der Waals surface area contributed by atoms with Crippen LogP contribution in [0.1, 0.15) is 27.2 Å². The molecule has 0 saturated carbocycles. The van der Waals surface area contributed by atoms with E-state index < -0.39 is 23.8 Å². The van der Waals surface area contributed by atoms with Crippen molar-refractivity contribution >= 4 is 12.1 Å². The number of carboxylic acids is 1. The fourth-order valence-electron chi connectivity index (χ4n) is 0.945. The number of carboxylic acid groups (broad SMARTS) is 1. The molecule has 0 aliphatic rings. The molecule has 6 nitrogen and oxygen atoms in total. The number of hydrogen-bond acceptors (Lipinski definition) is 4. The van der Waals surface area contributed by atoms with Gasteiger partial charge in [0.05, 0.1) is 12.5 Å². The standard InChI is InChI=1S/C10H19NO5/c1-10(2,3)16-9(14)11-6-7(15-4)5-8(12)13/h7H,5-6H2,1-4H3,(H,11,14)(H,12,13). The summed E-state index contributed by atoms with van der Waals surface area (Å²) < 4.78 is 9.88. The lowest BCUT2D eigenvalue weighted by Crippen LogP contribution is -2.38. The lowest BCUT2D eigenvalue weighted by molar-refractivity contribution is -0.139. The number of aliphatic carboxylic acids is 1. The number of amides is 1. The summed E-state index contributed by atoms with van der Waals surface area (Å²) in [5.41, 5.74) is -0.570. The maximum Gasteiger partial charge on any atom is 0.407 e. The Kier molecular flexibility index (Phi) is 5.81. The lowest BCUT2D eigenvalue weighted by atomic mass is 10.2. The van der Waals surface area contributed by atoms with E-state index in [-0.39, 0.29) is 13.0 Å². The van der Waals surface area contributed by atoms with Crippen LogP contribution in [0.4, 0.5) is 4.79 Å². The number of carbonyl (C=O) groups excluding carboxylic acids is 1. The van der Waals surface area contributed by atoms with Crippen molar-refractivity contribution in [2.75, 3.05) is 13.7 Å². The molecule has 0 aromatic carbocycles. The van der Waals surface area contributed by atoms with Gasteiger partial charge < -0.3 is 19.9 Å². The highest BCUT2D eigenvalue weighted by atomic mass is 16.6. The van der Waals surface area contributed by atoms with Crippen molar-refractivity contribution in [2.24, 2.45) is 0 Å². The molecule has 0 spiro atoms. The van der Waals surface area contributed by atoms with Crippen LogP contribution in [0.15, 0.2) is 0 Å². The van der Waals surface area contributed by atoms with Crippen LogP contribution in [0.25, 0.3) is 0 Å². The van der Waals surface area contributed by atoms with Gasteiger partial charge in [0.2, 0.25) is 0 Å². The molecule has 1 amide bonds. The average Bonchev–Trinajstić information content (AvgIpc) is 2.08. The topological polar surface area (TPSA) is 84.9 Å². The Morgan fingerprint density at radius 2 is 1.94 bits per heavy atom. The number of alkyl carbamates (subject to hydrolysis) is 1. The van der Waals surface area contributed by atoms with Crippen LogP contribution >= 0.6 is 0 Å². The van der Waals surface area contributed by atoms with Crippen LogP contribution in [0.3, 0.4) is 0 Å². The normalized spacial score (nSPS) is 13.0. The van der Waals surface area contributed by atoms with Crippen molar-refractivity contribution in [3.8, 4) is 0 Å². The van der Waals surface area contributed by atoms with Crippen LogP contribution in [0, 0.1) is 0 Å². The molecule has 0 heterocycles. The second-order valence-corrected chi connectivity index (χ2v) is 4.34. The highest BCUT2D eigenvalue weighted by Crippen LogP contribution is 2.06. The molecule has 94 valence electrons. The summed E-state index contributed by atoms with van der Waals surface area (Å²) in [4.78, 5) is 21.6. The number of rotatable bonds is 5. The van der Waals surface area contributed by atoms with Gasteiger partial charge in [-0.2, -0.15) is 0 Å². The van der Waals surface area contributed by atoms with Crippen molar-refractivity contribution in [3.05, 3.63) is 0 Å². The Balaban J connectivity index is 3.93. The van der Waals surface area contributed by atoms with E-state index in [0.29, 0.717) is 0 Å². The van der Waals surface area contributed by atoms with E-state index in [1.54, 1.807) is 20.8 Å². The fourth-order valence-corrected chi connectivity index (χ4v) is 0.945. The Morgan fingerprint density at radius 1 is 1.38 bits per heavy atom. The smallest absolute Gasteiger partial charge is 0.407 e. The second kappa shape index (κ2) is 6.32. The van der Waals surface area contributed by atoms with Crippen molar-refractivity contribution in [3.63, 3.8) is 0 Å². The Bertz CT molecular complexity index is 246. The van der Waals surface area contributed by atoms with Gasteiger partial charge >= 0.3 is 12.1 Å². The Hall–Kier alpha value is -1.30. The molecule has 0 aliphatic heterocycles. The van der Waals surface area contributed by atoms with Crippen molar-refractivity contribution < 1.29 is 24.2 Å². The number of carbonyl (C=O) groups is 2. The maximum absolute atomic E-state index is 11.2. The molecule has 1 atom stereocenters. The summed E-state index contributed by atoms with van der Waals surface area (Å²) in [7, 11) is 1.39. The lowest BCUT2D eigenvalue weighted by Gasteiger charge is -2.21. The van der Waals surface area contributed by atoms with Gasteiger partial charge in [0, 0.05) is 13.7 Å². The van der Waals surface area contributed by atoms with E-state index in [2.05, 4.69) is 5.32 Å². The zero-order valence-electron chi connectivity index (χ0n) is 10.1. The molecule has 0 fully saturated rings. The number of nitrogens with one attached hydrogen (secondary N) is 1. The average molecular weight is 233 g/mol. The van der Waals surface area contributed by atoms with Gasteiger partial charge in [-0.05, 0) is 20.8 Å². The van der Waals surface area contributed by atoms with Gasteiger partial charge in [0.15, 0.2) is 0 Å². The SMILES string of the molecule is COC(CNC(=O)OC(C)(C)C)CC(=O)O. The largest absolute Gasteiger partial charge is 0.481 e. The van der Waals surface area contributed by atoms with Crippen molar-refractivity contribution in [1.82, 2.24) is 5.32 Å². The molecule has 2 N–H and O–H groups in total. The first-order valence-electron chi connectivity index (χ1n) is 4.96. The third kappa shape index (κ3) is 8.05. The fraction of sp³-hybridized carbons (Fsp3) is 0.800. The predicted molar refractivity (Wildman–Crippen MR) is 57.3 cm³/mol. The summed E-state index contributed by atoms with van der Waals surface area (Å²) in [6.45, 7) is 5.35. The third-order valence-electron chi connectivity index (χ3n) is 1.61. The summed E-state index contributed by atoms with van der Waals surface area (Å²) >= 11 is 0. The molecule has 16 heavy (non-hydrogen) atoms. The molecule has 0 aromatic heterocycles. The molecule has 0 aromatic rings. The van der Waals surface area contributed by atoms with E-state index in [0.717, 1.165) is 0 Å². The highest BCUT2D eigenvalue weighted by molar-refractivity contribution is 5.69. The Labute approximate surface area is 94.9 Å². The van der Waals surface area contributed by atoms with E-state index >= 15 is 0 Å². The van der Waals surface area contributed by atoms with Gasteiger partial charge in [-0.3, -0.25) is 4.79 Å². The second-order valence-electron chi connectivity index (χ2n) is 4.34. The quantitative estimate of drug-likeness (QED) is 0.740. The minimum atomic E-state index is -0.974. The highest BCUT2D eigenvalue weighted by Gasteiger charge is 2.18. The molecule has 0 saturated heterocycles. The molecule has 0 bridgehead atoms. The zero-order valence-corrected chi connectivity index (χ0v) is 10.1. The van der Waals surface area contributed by atoms with E-state index in [9.17, 15) is 9.59 Å². The van der Waals surface area contributed by atoms with E-state index in [1.807, 2.05) is 0 Å². The molecule has 0 rings (SSSR count). The predicted octanol–water partition coefficient (Wildman–Crippen LogP) is 1.00. The number of ether oxygens (including phenoxy) is 2. The monoisotopic (exact) mass is 233 g/mol. The number of hydrogen-bond donors (Lipinski definition) is 2. The first kappa shape index (κ1) is 14.7. The minimum Gasteiger partial charge on any atom is -0.481 e. The zero-order chi connectivity index (χ0) is 12.8. The first-order chi connectivity index (χ1) is 7.24. The summed E-state index contributed by atoms with van der Waals surface area (Å²) in [6, 6.07) is 0. The summed E-state index contributed by atoms with van der Waals surface area (Å²) in [5, 5.41) is 11.0. The number of methoxy groups -OCH3 is 1. The Morgan fingerprint density at radius 3 is 2.31 bits per heavy atom. The molecular formula is C10H19NO5. The van der Waals surface area contributed by atoms with E-state index in [4.69, 9.17) is 14.6 Å². The third-order valence-corrected chi connectivity index (χ3v) is 1.61. The molecule has 0 radical (unpaired) electrons. The van der Waals surface area contributed by atoms with Crippen LogP contribution in [0.5, 0.6) is 0 Å². The van der Waals surface area contributed by atoms with Crippen molar-refractivity contribution in [2.45, 2.75) is 38.9 Å². The van der Waals surface area contributed by atoms with Crippen LogP contribution in [-0.4, -0.2) is 42.5 Å². The van der Waals surface area contributed by atoms with Crippen LogP contribution in [0.2, 0.25) is 0 Å².